The number of carbonyl (C=O) groups is 2. The molecule has 6 nitrogen and oxygen atoms in total. The van der Waals surface area contributed by atoms with Gasteiger partial charge in [-0.25, -0.2) is 19.0 Å². The number of amides is 1. The molecule has 0 aliphatic rings. The van der Waals surface area contributed by atoms with E-state index in [1.54, 1.807) is 39.8 Å². The molecule has 134 valence electrons. The number of halogens is 1. The second-order valence-corrected chi connectivity index (χ2v) is 7.05. The van der Waals surface area contributed by atoms with E-state index in [-0.39, 0.29) is 23.1 Å². The predicted octanol–water partition coefficient (Wildman–Crippen LogP) is 4.47. The van der Waals surface area contributed by atoms with Crippen molar-refractivity contribution in [2.24, 2.45) is 0 Å². The minimum atomic E-state index is -0.728. The number of hydrogen-bond donors (Lipinski definition) is 1. The van der Waals surface area contributed by atoms with Crippen LogP contribution in [0.5, 0.6) is 0 Å². The van der Waals surface area contributed by atoms with Crippen molar-refractivity contribution < 1.29 is 23.5 Å². The molecule has 1 heterocycles. The average Bonchev–Trinajstić information content (AvgIpc) is 2.90. The van der Waals surface area contributed by atoms with Crippen molar-refractivity contribution in [1.82, 2.24) is 4.98 Å². The van der Waals surface area contributed by atoms with E-state index >= 15 is 0 Å². The number of hydrogen-bond acceptors (Lipinski definition) is 6. The molecule has 1 aromatic carbocycles. The monoisotopic (exact) mass is 366 g/mol. The molecular weight excluding hydrogens is 347 g/mol. The summed E-state index contributed by atoms with van der Waals surface area (Å²) in [6.45, 7) is 7.05. The zero-order chi connectivity index (χ0) is 18.6. The lowest BCUT2D eigenvalue weighted by atomic mass is 10.2. The number of rotatable bonds is 4. The fraction of sp³-hybridized carbons (Fsp3) is 0.353. The third kappa shape index (κ3) is 5.25. The summed E-state index contributed by atoms with van der Waals surface area (Å²) in [5.41, 5.74) is -0.0709. The number of anilines is 1. The minimum Gasteiger partial charge on any atom is -0.462 e. The van der Waals surface area contributed by atoms with E-state index in [0.717, 1.165) is 11.3 Å². The van der Waals surface area contributed by atoms with Gasteiger partial charge in [-0.15, -0.1) is 11.3 Å². The van der Waals surface area contributed by atoms with Gasteiger partial charge in [0.1, 0.15) is 16.4 Å². The van der Waals surface area contributed by atoms with Gasteiger partial charge in [-0.2, -0.15) is 0 Å². The van der Waals surface area contributed by atoms with Gasteiger partial charge in [0, 0.05) is 5.56 Å². The topological polar surface area (TPSA) is 77.5 Å². The Morgan fingerprint density at radius 3 is 2.44 bits per heavy atom. The highest BCUT2D eigenvalue weighted by molar-refractivity contribution is 7.17. The van der Waals surface area contributed by atoms with Gasteiger partial charge >= 0.3 is 12.1 Å². The van der Waals surface area contributed by atoms with Gasteiger partial charge in [-0.3, -0.25) is 5.32 Å². The number of esters is 1. The van der Waals surface area contributed by atoms with Crippen molar-refractivity contribution in [3.8, 4) is 10.6 Å². The molecule has 2 aromatic rings. The first kappa shape index (κ1) is 18.9. The van der Waals surface area contributed by atoms with Gasteiger partial charge in [0.2, 0.25) is 0 Å². The predicted molar refractivity (Wildman–Crippen MR) is 93.3 cm³/mol. The maximum atomic E-state index is 13.1. The SMILES string of the molecule is CCOC(=O)c1sc(-c2ccc(F)cc2)nc1NC(=O)OC(C)(C)C. The van der Waals surface area contributed by atoms with Crippen molar-refractivity contribution in [2.45, 2.75) is 33.3 Å². The lowest BCUT2D eigenvalue weighted by Gasteiger charge is -2.19. The van der Waals surface area contributed by atoms with Crippen LogP contribution in [0, 0.1) is 5.82 Å². The van der Waals surface area contributed by atoms with Crippen LogP contribution in [0.25, 0.3) is 10.6 Å². The summed E-state index contributed by atoms with van der Waals surface area (Å²) in [6.07, 6.45) is -0.728. The van der Waals surface area contributed by atoms with Crippen molar-refractivity contribution in [3.05, 3.63) is 35.0 Å². The van der Waals surface area contributed by atoms with Crippen LogP contribution in [0.3, 0.4) is 0 Å². The Hall–Kier alpha value is -2.48. The Morgan fingerprint density at radius 1 is 1.24 bits per heavy atom. The van der Waals surface area contributed by atoms with Crippen molar-refractivity contribution in [3.63, 3.8) is 0 Å². The zero-order valence-electron chi connectivity index (χ0n) is 14.4. The highest BCUT2D eigenvalue weighted by Gasteiger charge is 2.24. The molecule has 0 atom stereocenters. The molecule has 0 spiro atoms. The molecule has 0 radical (unpaired) electrons. The first-order chi connectivity index (χ1) is 11.7. The smallest absolute Gasteiger partial charge is 0.413 e. The summed E-state index contributed by atoms with van der Waals surface area (Å²) in [5.74, 6) is -0.922. The molecule has 0 aliphatic heterocycles. The van der Waals surface area contributed by atoms with Crippen LogP contribution in [-0.4, -0.2) is 29.3 Å². The number of benzene rings is 1. The largest absolute Gasteiger partial charge is 0.462 e. The van der Waals surface area contributed by atoms with Crippen molar-refractivity contribution >= 4 is 29.2 Å². The van der Waals surface area contributed by atoms with Gasteiger partial charge < -0.3 is 9.47 Å². The molecule has 1 N–H and O–H groups in total. The van der Waals surface area contributed by atoms with E-state index in [2.05, 4.69) is 10.3 Å². The first-order valence-electron chi connectivity index (χ1n) is 7.63. The highest BCUT2D eigenvalue weighted by Crippen LogP contribution is 2.32. The van der Waals surface area contributed by atoms with E-state index in [1.807, 2.05) is 0 Å². The number of nitrogens with one attached hydrogen (secondary N) is 1. The fourth-order valence-electron chi connectivity index (χ4n) is 1.86. The number of carbonyl (C=O) groups excluding carboxylic acids is 2. The molecule has 0 saturated heterocycles. The molecule has 2 rings (SSSR count). The summed E-state index contributed by atoms with van der Waals surface area (Å²) in [7, 11) is 0. The molecule has 8 heteroatoms. The van der Waals surface area contributed by atoms with Crippen molar-refractivity contribution in [2.75, 3.05) is 11.9 Å². The lowest BCUT2D eigenvalue weighted by Crippen LogP contribution is -2.27. The summed E-state index contributed by atoms with van der Waals surface area (Å²) in [6, 6.07) is 5.67. The molecular formula is C17H19FN2O4S. The Morgan fingerprint density at radius 2 is 1.88 bits per heavy atom. The normalized spacial score (nSPS) is 11.1. The standard InChI is InChI=1S/C17H19FN2O4S/c1-5-23-15(21)12-13(20-16(22)24-17(2,3)4)19-14(25-12)10-6-8-11(18)9-7-10/h6-9H,5H2,1-4H3,(H,20,22). The molecule has 0 fully saturated rings. The maximum absolute atomic E-state index is 13.1. The third-order valence-electron chi connectivity index (χ3n) is 2.80. The Kier molecular flexibility index (Phi) is 5.73. The van der Waals surface area contributed by atoms with Gasteiger partial charge in [-0.05, 0) is 52.0 Å². The number of ether oxygens (including phenoxy) is 2. The quantitative estimate of drug-likeness (QED) is 0.808. The number of thiazole rings is 1. The molecule has 0 aliphatic carbocycles. The van der Waals surface area contributed by atoms with E-state index in [4.69, 9.17) is 9.47 Å². The van der Waals surface area contributed by atoms with Gasteiger partial charge in [0.15, 0.2) is 10.7 Å². The zero-order valence-corrected chi connectivity index (χ0v) is 15.2. The molecule has 1 amide bonds. The molecule has 0 bridgehead atoms. The van der Waals surface area contributed by atoms with Gasteiger partial charge in [0.25, 0.3) is 0 Å². The summed E-state index contributed by atoms with van der Waals surface area (Å²) < 4.78 is 23.3. The van der Waals surface area contributed by atoms with Crippen LogP contribution in [0.2, 0.25) is 0 Å². The van der Waals surface area contributed by atoms with Gasteiger partial charge in [0.05, 0.1) is 6.61 Å². The third-order valence-corrected chi connectivity index (χ3v) is 3.88. The van der Waals surface area contributed by atoms with E-state index in [9.17, 15) is 14.0 Å². The Bertz CT molecular complexity index is 766. The summed E-state index contributed by atoms with van der Waals surface area (Å²) >= 11 is 1.05. The van der Waals surface area contributed by atoms with Crippen LogP contribution < -0.4 is 5.32 Å². The van der Waals surface area contributed by atoms with E-state index in [0.29, 0.717) is 10.6 Å². The van der Waals surface area contributed by atoms with Crippen LogP contribution in [0.15, 0.2) is 24.3 Å². The van der Waals surface area contributed by atoms with E-state index < -0.39 is 17.7 Å². The van der Waals surface area contributed by atoms with Crippen LogP contribution in [0.4, 0.5) is 15.0 Å². The second kappa shape index (κ2) is 7.60. The van der Waals surface area contributed by atoms with E-state index in [1.165, 1.54) is 12.1 Å². The molecule has 25 heavy (non-hydrogen) atoms. The van der Waals surface area contributed by atoms with Crippen LogP contribution in [0.1, 0.15) is 37.4 Å². The lowest BCUT2D eigenvalue weighted by molar-refractivity contribution is 0.0533. The average molecular weight is 366 g/mol. The minimum absolute atomic E-state index is 0.0528. The molecule has 1 aromatic heterocycles. The summed E-state index contributed by atoms with van der Waals surface area (Å²) in [5, 5.41) is 2.92. The number of aromatic nitrogens is 1. The van der Waals surface area contributed by atoms with Crippen LogP contribution >= 0.6 is 11.3 Å². The van der Waals surface area contributed by atoms with Crippen LogP contribution in [-0.2, 0) is 9.47 Å². The van der Waals surface area contributed by atoms with Gasteiger partial charge in [-0.1, -0.05) is 0 Å². The Balaban J connectivity index is 2.34. The molecule has 0 unspecified atom stereocenters. The second-order valence-electron chi connectivity index (χ2n) is 6.05. The van der Waals surface area contributed by atoms with Crippen molar-refractivity contribution in [1.29, 1.82) is 0 Å². The summed E-state index contributed by atoms with van der Waals surface area (Å²) in [4.78, 5) is 28.5. The highest BCUT2D eigenvalue weighted by atomic mass is 32.1. The number of nitrogens with zero attached hydrogens (tertiary/aromatic N) is 1. The maximum Gasteiger partial charge on any atom is 0.413 e. The Labute approximate surface area is 149 Å². The first-order valence-corrected chi connectivity index (χ1v) is 8.45. The fourth-order valence-corrected chi connectivity index (χ4v) is 2.78. The molecule has 0 saturated carbocycles.